The molecular weight excluding hydrogens is 332 g/mol. The molecule has 0 saturated heterocycles. The van der Waals surface area contributed by atoms with Crippen LogP contribution in [0.25, 0.3) is 0 Å². The third-order valence-corrected chi connectivity index (χ3v) is 3.88. The van der Waals surface area contributed by atoms with E-state index in [9.17, 15) is 9.59 Å². The van der Waals surface area contributed by atoms with E-state index in [1.807, 2.05) is 0 Å². The Morgan fingerprint density at radius 1 is 0.577 bits per heavy atom. The topological polar surface area (TPSA) is 100 Å². The van der Waals surface area contributed by atoms with E-state index in [1.165, 1.54) is 38.5 Å². The summed E-state index contributed by atoms with van der Waals surface area (Å²) in [6.07, 6.45) is 11.4. The molecule has 0 bridgehead atoms. The summed E-state index contributed by atoms with van der Waals surface area (Å²) in [4.78, 5) is 22.5. The molecule has 0 aliphatic carbocycles. The fourth-order valence-electron chi connectivity index (χ4n) is 2.53. The third kappa shape index (κ3) is 18.6. The molecule has 26 heavy (non-hydrogen) atoms. The number of hydrogen-bond donors (Lipinski definition) is 2. The number of nitrogens with one attached hydrogen (secondary N) is 2. The maximum absolute atomic E-state index is 11.2. The minimum atomic E-state index is -0.294. The summed E-state index contributed by atoms with van der Waals surface area (Å²) in [7, 11) is 0. The van der Waals surface area contributed by atoms with Crippen LogP contribution in [0.1, 0.15) is 90.9 Å². The molecule has 0 atom stereocenters. The van der Waals surface area contributed by atoms with Crippen LogP contribution in [0.4, 0.5) is 0 Å². The van der Waals surface area contributed by atoms with Crippen molar-refractivity contribution in [3.05, 3.63) is 0 Å². The van der Waals surface area contributed by atoms with E-state index in [4.69, 9.17) is 20.3 Å². The largest absolute Gasteiger partial charge is 0.465 e. The predicted octanol–water partition coefficient (Wildman–Crippen LogP) is 4.83. The zero-order chi connectivity index (χ0) is 19.6. The molecule has 6 heteroatoms. The van der Waals surface area contributed by atoms with Crippen LogP contribution in [-0.4, -0.2) is 36.6 Å². The van der Waals surface area contributed by atoms with E-state index in [0.29, 0.717) is 24.6 Å². The quantitative estimate of drug-likeness (QED) is 0.218. The molecule has 0 aromatic heterocycles. The Labute approximate surface area is 158 Å². The maximum Gasteiger partial charge on any atom is 0.311 e. The van der Waals surface area contributed by atoms with Gasteiger partial charge in [0.25, 0.3) is 0 Å². The van der Waals surface area contributed by atoms with Crippen molar-refractivity contribution in [3.8, 4) is 0 Å². The van der Waals surface area contributed by atoms with Gasteiger partial charge in [-0.05, 0) is 26.7 Å². The van der Waals surface area contributed by atoms with Crippen LogP contribution in [-0.2, 0) is 19.1 Å². The molecule has 0 amide bonds. The second kappa shape index (κ2) is 16.7. The zero-order valence-corrected chi connectivity index (χ0v) is 16.5. The lowest BCUT2D eigenvalue weighted by Gasteiger charge is -2.05. The van der Waals surface area contributed by atoms with Crippen LogP contribution in [0.15, 0.2) is 0 Å². The molecule has 0 fully saturated rings. The van der Waals surface area contributed by atoms with E-state index < -0.39 is 0 Å². The van der Waals surface area contributed by atoms with Crippen LogP contribution >= 0.6 is 0 Å². The molecule has 0 aromatic rings. The van der Waals surface area contributed by atoms with Gasteiger partial charge in [0.2, 0.25) is 0 Å². The van der Waals surface area contributed by atoms with Crippen molar-refractivity contribution in [1.82, 2.24) is 0 Å². The number of rotatable bonds is 17. The highest BCUT2D eigenvalue weighted by Crippen LogP contribution is 2.11. The normalized spacial score (nSPS) is 10.4. The van der Waals surface area contributed by atoms with Crippen LogP contribution in [0.5, 0.6) is 0 Å². The van der Waals surface area contributed by atoms with E-state index in [-0.39, 0.29) is 24.8 Å². The Hall–Kier alpha value is -1.72. The first-order chi connectivity index (χ1) is 12.4. The molecule has 0 aromatic carbocycles. The first-order valence-electron chi connectivity index (χ1n) is 9.81. The molecule has 0 heterocycles. The van der Waals surface area contributed by atoms with E-state index in [0.717, 1.165) is 25.7 Å². The Bertz CT molecular complexity index is 396. The van der Waals surface area contributed by atoms with Crippen LogP contribution in [0.3, 0.4) is 0 Å². The molecule has 0 saturated carbocycles. The van der Waals surface area contributed by atoms with Gasteiger partial charge in [-0.2, -0.15) is 0 Å². The van der Waals surface area contributed by atoms with Crippen LogP contribution in [0.2, 0.25) is 0 Å². The number of carbonyl (C=O) groups is 2. The highest BCUT2D eigenvalue weighted by Gasteiger charge is 2.04. The van der Waals surface area contributed by atoms with Gasteiger partial charge in [-0.3, -0.25) is 9.59 Å². The summed E-state index contributed by atoms with van der Waals surface area (Å²) in [5, 5.41) is 14.4. The highest BCUT2D eigenvalue weighted by atomic mass is 16.5. The van der Waals surface area contributed by atoms with E-state index in [1.54, 1.807) is 13.8 Å². The van der Waals surface area contributed by atoms with Crippen LogP contribution < -0.4 is 0 Å². The van der Waals surface area contributed by atoms with Gasteiger partial charge in [-0.25, -0.2) is 0 Å². The summed E-state index contributed by atoms with van der Waals surface area (Å²) >= 11 is 0. The van der Waals surface area contributed by atoms with Gasteiger partial charge < -0.3 is 20.3 Å². The van der Waals surface area contributed by atoms with Crippen molar-refractivity contribution in [2.24, 2.45) is 0 Å². The van der Waals surface area contributed by atoms with Gasteiger partial charge in [0.05, 0.1) is 26.1 Å². The molecule has 0 spiro atoms. The molecule has 2 N–H and O–H groups in total. The molecule has 150 valence electrons. The second-order valence-electron chi connectivity index (χ2n) is 6.89. The lowest BCUT2D eigenvalue weighted by molar-refractivity contribution is -0.143. The number of esters is 2. The summed E-state index contributed by atoms with van der Waals surface area (Å²) < 4.78 is 10.1. The minimum Gasteiger partial charge on any atom is -0.465 e. The summed E-state index contributed by atoms with van der Waals surface area (Å²) in [5.41, 5.74) is 0.683. The number of hydrogen-bond acceptors (Lipinski definition) is 6. The standard InChI is InChI=1S/C20H36N2O4/c1-17(21)15-19(23)25-13-11-9-7-5-3-4-6-8-10-12-14-26-20(24)16-18(2)22/h21-22H,3-16H2,1-2H3. The number of unbranched alkanes of at least 4 members (excludes halogenated alkanes) is 9. The first-order valence-corrected chi connectivity index (χ1v) is 9.81. The van der Waals surface area contributed by atoms with Gasteiger partial charge in [0.1, 0.15) is 0 Å². The van der Waals surface area contributed by atoms with Gasteiger partial charge in [0, 0.05) is 11.4 Å². The number of ether oxygens (including phenoxy) is 2. The SMILES string of the molecule is CC(=N)CC(=O)OCCCCCCCCCCCCOC(=O)CC(C)=N. The van der Waals surface area contributed by atoms with Crippen molar-refractivity contribution in [3.63, 3.8) is 0 Å². The molecule has 0 aliphatic heterocycles. The van der Waals surface area contributed by atoms with Crippen molar-refractivity contribution in [2.45, 2.75) is 90.9 Å². The maximum atomic E-state index is 11.2. The third-order valence-electron chi connectivity index (χ3n) is 3.88. The predicted molar refractivity (Wildman–Crippen MR) is 104 cm³/mol. The van der Waals surface area contributed by atoms with Crippen molar-refractivity contribution in [2.75, 3.05) is 13.2 Å². The van der Waals surface area contributed by atoms with Crippen molar-refractivity contribution >= 4 is 23.4 Å². The van der Waals surface area contributed by atoms with Gasteiger partial charge >= 0.3 is 11.9 Å². The van der Waals surface area contributed by atoms with Crippen molar-refractivity contribution < 1.29 is 19.1 Å². The van der Waals surface area contributed by atoms with E-state index >= 15 is 0 Å². The average Bonchev–Trinajstić information content (AvgIpc) is 2.53. The van der Waals surface area contributed by atoms with Gasteiger partial charge in [-0.1, -0.05) is 51.4 Å². The van der Waals surface area contributed by atoms with Gasteiger partial charge in [-0.15, -0.1) is 0 Å². The van der Waals surface area contributed by atoms with Crippen molar-refractivity contribution in [1.29, 1.82) is 10.8 Å². The second-order valence-corrected chi connectivity index (χ2v) is 6.89. The molecule has 0 rings (SSSR count). The Morgan fingerprint density at radius 3 is 1.12 bits per heavy atom. The minimum absolute atomic E-state index is 0.103. The Kier molecular flexibility index (Phi) is 15.6. The average molecular weight is 369 g/mol. The first kappa shape index (κ1) is 24.3. The fourth-order valence-corrected chi connectivity index (χ4v) is 2.53. The molecule has 0 unspecified atom stereocenters. The molecular formula is C20H36N2O4. The highest BCUT2D eigenvalue weighted by molar-refractivity contribution is 5.96. The van der Waals surface area contributed by atoms with Crippen LogP contribution in [0, 0.1) is 10.8 Å². The molecule has 0 radical (unpaired) electrons. The molecule has 0 aliphatic rings. The number of carbonyl (C=O) groups excluding carboxylic acids is 2. The lowest BCUT2D eigenvalue weighted by atomic mass is 10.1. The Morgan fingerprint density at radius 2 is 0.846 bits per heavy atom. The summed E-state index contributed by atoms with van der Waals surface area (Å²) in [5.74, 6) is -0.589. The summed E-state index contributed by atoms with van der Waals surface area (Å²) in [6.45, 7) is 4.15. The lowest BCUT2D eigenvalue weighted by Crippen LogP contribution is -2.09. The smallest absolute Gasteiger partial charge is 0.311 e. The van der Waals surface area contributed by atoms with E-state index in [2.05, 4.69) is 0 Å². The monoisotopic (exact) mass is 368 g/mol. The Balaban J connectivity index is 3.20. The summed E-state index contributed by atoms with van der Waals surface area (Å²) in [6, 6.07) is 0. The van der Waals surface area contributed by atoms with Gasteiger partial charge in [0.15, 0.2) is 0 Å². The molecule has 6 nitrogen and oxygen atoms in total. The zero-order valence-electron chi connectivity index (χ0n) is 16.5. The fraction of sp³-hybridized carbons (Fsp3) is 0.800.